The summed E-state index contributed by atoms with van der Waals surface area (Å²) in [5.74, 6) is -4.30. The summed E-state index contributed by atoms with van der Waals surface area (Å²) in [6, 6.07) is 0.908. The topological polar surface area (TPSA) is 150 Å². The first-order chi connectivity index (χ1) is 12.8. The zero-order valence-corrected chi connectivity index (χ0v) is 14.2. The van der Waals surface area contributed by atoms with Crippen LogP contribution in [-0.2, 0) is 30.2 Å². The average Bonchev–Trinajstić information content (AvgIpc) is 2.63. The minimum absolute atomic E-state index is 0.0579. The molecule has 27 heavy (non-hydrogen) atoms. The van der Waals surface area contributed by atoms with Gasteiger partial charge in [0.2, 0.25) is 11.9 Å². The number of hydrogen-bond acceptors (Lipinski definition) is 10. The predicted molar refractivity (Wildman–Crippen MR) is 86.3 cm³/mol. The van der Waals surface area contributed by atoms with Gasteiger partial charge in [-0.15, -0.1) is 0 Å². The number of hydrogen-bond donors (Lipinski definition) is 2. The molecule has 0 radical (unpaired) electrons. The Labute approximate surface area is 150 Å². The Morgan fingerprint density at radius 1 is 1.26 bits per heavy atom. The van der Waals surface area contributed by atoms with Crippen LogP contribution in [0.3, 0.4) is 0 Å². The standard InChI is InChI=1S/C17H14O10/c1-3-25-9(19)5-7-11-10-6(15(21)27-14(11)17(23)24-2)4-8(18)12(20)13(10)26-16(7)22/h4,14,18,20H,3,5H2,1-2H3. The van der Waals surface area contributed by atoms with Crippen molar-refractivity contribution in [3.63, 3.8) is 0 Å². The van der Waals surface area contributed by atoms with Crippen molar-refractivity contribution in [1.29, 1.82) is 0 Å². The molecule has 1 atom stereocenters. The van der Waals surface area contributed by atoms with Crippen molar-refractivity contribution >= 4 is 28.9 Å². The van der Waals surface area contributed by atoms with Crippen molar-refractivity contribution in [3.05, 3.63) is 33.2 Å². The number of esters is 3. The minimum Gasteiger partial charge on any atom is -0.504 e. The Bertz CT molecular complexity index is 1030. The molecule has 0 fully saturated rings. The second-order valence-electron chi connectivity index (χ2n) is 5.57. The van der Waals surface area contributed by atoms with E-state index >= 15 is 0 Å². The third kappa shape index (κ3) is 2.84. The minimum atomic E-state index is -1.66. The van der Waals surface area contributed by atoms with Crippen molar-refractivity contribution in [2.45, 2.75) is 19.4 Å². The first-order valence-corrected chi connectivity index (χ1v) is 7.79. The van der Waals surface area contributed by atoms with E-state index in [2.05, 4.69) is 4.74 Å². The number of benzene rings is 1. The molecule has 10 nitrogen and oxygen atoms in total. The highest BCUT2D eigenvalue weighted by Gasteiger charge is 2.40. The largest absolute Gasteiger partial charge is 0.504 e. The second kappa shape index (κ2) is 6.63. The molecule has 2 aromatic rings. The number of ether oxygens (including phenoxy) is 3. The fraction of sp³-hybridized carbons (Fsp3) is 0.294. The molecule has 1 unspecified atom stereocenters. The Balaban J connectivity index is 2.41. The van der Waals surface area contributed by atoms with E-state index in [1.54, 1.807) is 6.92 Å². The molecule has 0 spiro atoms. The zero-order chi connectivity index (χ0) is 19.9. The monoisotopic (exact) mass is 378 g/mol. The summed E-state index contributed by atoms with van der Waals surface area (Å²) in [6.45, 7) is 1.63. The third-order valence-electron chi connectivity index (χ3n) is 4.02. The predicted octanol–water partition coefficient (Wildman–Crippen LogP) is 0.694. The molecule has 1 aliphatic rings. The lowest BCUT2D eigenvalue weighted by molar-refractivity contribution is -0.151. The lowest BCUT2D eigenvalue weighted by Gasteiger charge is -2.25. The van der Waals surface area contributed by atoms with E-state index in [1.807, 2.05) is 0 Å². The fourth-order valence-electron chi connectivity index (χ4n) is 2.89. The summed E-state index contributed by atoms with van der Waals surface area (Å²) in [5.41, 5.74) is -2.27. The zero-order valence-electron chi connectivity index (χ0n) is 14.2. The van der Waals surface area contributed by atoms with Crippen molar-refractivity contribution in [3.8, 4) is 11.5 Å². The summed E-state index contributed by atoms with van der Waals surface area (Å²) in [7, 11) is 1.05. The Morgan fingerprint density at radius 2 is 1.96 bits per heavy atom. The number of phenols is 2. The number of methoxy groups -OCH3 is 1. The van der Waals surface area contributed by atoms with Gasteiger partial charge in [0.15, 0.2) is 11.3 Å². The van der Waals surface area contributed by atoms with Crippen LogP contribution in [0.25, 0.3) is 11.0 Å². The molecule has 0 bridgehead atoms. The van der Waals surface area contributed by atoms with E-state index in [1.165, 1.54) is 0 Å². The maximum atomic E-state index is 12.4. The molecule has 142 valence electrons. The quantitative estimate of drug-likeness (QED) is 0.337. The molecule has 0 saturated heterocycles. The van der Waals surface area contributed by atoms with E-state index in [4.69, 9.17) is 13.9 Å². The highest BCUT2D eigenvalue weighted by atomic mass is 16.6. The number of phenolic OH excluding ortho intramolecular Hbond substituents is 2. The molecule has 0 aliphatic carbocycles. The van der Waals surface area contributed by atoms with Crippen LogP contribution in [0.2, 0.25) is 0 Å². The summed E-state index contributed by atoms with van der Waals surface area (Å²) < 4.78 is 19.5. The SMILES string of the molecule is CCOC(=O)Cc1c2c3c(cc(O)c(O)c3oc1=O)C(=O)OC2C(=O)OC. The lowest BCUT2D eigenvalue weighted by Crippen LogP contribution is -2.30. The van der Waals surface area contributed by atoms with Gasteiger partial charge in [0, 0.05) is 10.9 Å². The number of rotatable bonds is 4. The molecule has 2 heterocycles. The van der Waals surface area contributed by atoms with Crippen LogP contribution in [0.5, 0.6) is 11.5 Å². The molecule has 2 N–H and O–H groups in total. The lowest BCUT2D eigenvalue weighted by atomic mass is 9.91. The van der Waals surface area contributed by atoms with Gasteiger partial charge in [-0.25, -0.2) is 14.4 Å². The Morgan fingerprint density at radius 3 is 2.59 bits per heavy atom. The number of cyclic esters (lactones) is 1. The van der Waals surface area contributed by atoms with Crippen LogP contribution in [0.4, 0.5) is 0 Å². The molecular weight excluding hydrogens is 364 g/mol. The molecule has 10 heteroatoms. The van der Waals surface area contributed by atoms with Crippen LogP contribution >= 0.6 is 0 Å². The summed E-state index contributed by atoms with van der Waals surface area (Å²) in [5, 5.41) is 19.7. The smallest absolute Gasteiger partial charge is 0.352 e. The summed E-state index contributed by atoms with van der Waals surface area (Å²) >= 11 is 0. The summed E-state index contributed by atoms with van der Waals surface area (Å²) in [6.07, 6.45) is -2.22. The van der Waals surface area contributed by atoms with E-state index in [-0.39, 0.29) is 28.7 Å². The fourth-order valence-corrected chi connectivity index (χ4v) is 2.89. The van der Waals surface area contributed by atoms with Crippen molar-refractivity contribution in [2.24, 2.45) is 0 Å². The van der Waals surface area contributed by atoms with Crippen LogP contribution in [0.15, 0.2) is 15.3 Å². The Hall–Kier alpha value is -3.56. The number of aromatic hydroxyl groups is 2. The third-order valence-corrected chi connectivity index (χ3v) is 4.02. The first kappa shape index (κ1) is 18.2. The second-order valence-corrected chi connectivity index (χ2v) is 5.57. The van der Waals surface area contributed by atoms with Gasteiger partial charge in [0.05, 0.1) is 31.3 Å². The normalized spacial score (nSPS) is 15.3. The van der Waals surface area contributed by atoms with Crippen LogP contribution < -0.4 is 5.63 Å². The van der Waals surface area contributed by atoms with Gasteiger partial charge < -0.3 is 28.8 Å². The molecule has 3 rings (SSSR count). The van der Waals surface area contributed by atoms with E-state index in [0.29, 0.717) is 0 Å². The van der Waals surface area contributed by atoms with Crippen molar-refractivity contribution < 1.29 is 43.2 Å². The molecule has 0 amide bonds. The molecule has 1 aromatic carbocycles. The van der Waals surface area contributed by atoms with Gasteiger partial charge in [-0.05, 0) is 13.0 Å². The van der Waals surface area contributed by atoms with Gasteiger partial charge in [-0.2, -0.15) is 0 Å². The van der Waals surface area contributed by atoms with Crippen molar-refractivity contribution in [1.82, 2.24) is 0 Å². The maximum absolute atomic E-state index is 12.4. The first-order valence-electron chi connectivity index (χ1n) is 7.79. The van der Waals surface area contributed by atoms with Crippen molar-refractivity contribution in [2.75, 3.05) is 13.7 Å². The van der Waals surface area contributed by atoms with Gasteiger partial charge in [0.1, 0.15) is 0 Å². The molecule has 0 saturated carbocycles. The van der Waals surface area contributed by atoms with Crippen LogP contribution in [0.1, 0.15) is 34.5 Å². The van der Waals surface area contributed by atoms with Gasteiger partial charge in [-0.1, -0.05) is 0 Å². The summed E-state index contributed by atoms with van der Waals surface area (Å²) in [4.78, 5) is 48.7. The molecule has 1 aliphatic heterocycles. The highest BCUT2D eigenvalue weighted by molar-refractivity contribution is 6.11. The average molecular weight is 378 g/mol. The van der Waals surface area contributed by atoms with Crippen LogP contribution in [-0.4, -0.2) is 41.8 Å². The number of carbonyl (C=O) groups is 3. The van der Waals surface area contributed by atoms with Gasteiger partial charge in [0.25, 0.3) is 0 Å². The Kier molecular flexibility index (Phi) is 4.48. The van der Waals surface area contributed by atoms with E-state index in [0.717, 1.165) is 13.2 Å². The van der Waals surface area contributed by atoms with Gasteiger partial charge >= 0.3 is 23.5 Å². The van der Waals surface area contributed by atoms with Gasteiger partial charge in [-0.3, -0.25) is 4.79 Å². The van der Waals surface area contributed by atoms with E-state index < -0.39 is 53.1 Å². The highest BCUT2D eigenvalue weighted by Crippen LogP contribution is 2.43. The molecular formula is C17H14O10. The van der Waals surface area contributed by atoms with Crippen LogP contribution in [0, 0.1) is 0 Å². The number of carbonyl (C=O) groups excluding carboxylic acids is 3. The molecule has 1 aromatic heterocycles. The maximum Gasteiger partial charge on any atom is 0.352 e. The van der Waals surface area contributed by atoms with E-state index in [9.17, 15) is 29.4 Å².